The van der Waals surface area contributed by atoms with E-state index in [2.05, 4.69) is 0 Å². The van der Waals surface area contributed by atoms with Gasteiger partial charge in [-0.05, 0) is 44.4 Å². The van der Waals surface area contributed by atoms with Crippen molar-refractivity contribution in [1.29, 1.82) is 0 Å². The van der Waals surface area contributed by atoms with Gasteiger partial charge in [0.1, 0.15) is 0 Å². The summed E-state index contributed by atoms with van der Waals surface area (Å²) in [5.41, 5.74) is -3.87. The van der Waals surface area contributed by atoms with Gasteiger partial charge in [-0.15, -0.1) is 0 Å². The maximum Gasteiger partial charge on any atom is 0.426 e. The van der Waals surface area contributed by atoms with Crippen LogP contribution in [-0.4, -0.2) is 59.8 Å². The first-order valence-electron chi connectivity index (χ1n) is 8.27. The number of piperidine rings is 1. The minimum absolute atomic E-state index is 0.0391. The molecule has 0 bridgehead atoms. The third-order valence-corrected chi connectivity index (χ3v) is 7.15. The number of nitrogens with zero attached hydrogens (tertiary/aromatic N) is 1. The van der Waals surface area contributed by atoms with Crippen LogP contribution in [0.25, 0.3) is 0 Å². The number of halogens is 4. The van der Waals surface area contributed by atoms with Gasteiger partial charge in [0.05, 0.1) is 21.7 Å². The first-order valence-corrected chi connectivity index (χ1v) is 10.1. The molecular weight excluding hydrogens is 425 g/mol. The number of benzene rings is 1. The number of hydrogen-bond acceptors (Lipinski definition) is 5. The van der Waals surface area contributed by atoms with Crippen molar-refractivity contribution < 1.29 is 36.6 Å². The van der Waals surface area contributed by atoms with Crippen molar-refractivity contribution in [2.24, 2.45) is 0 Å². The molecule has 7 nitrogen and oxygen atoms in total. The zero-order valence-electron chi connectivity index (χ0n) is 15.0. The largest absolute Gasteiger partial charge is 0.426 e. The number of sulfonamides is 1. The molecule has 3 N–H and O–H groups in total. The van der Waals surface area contributed by atoms with Crippen molar-refractivity contribution in [2.45, 2.75) is 49.5 Å². The summed E-state index contributed by atoms with van der Waals surface area (Å²) >= 11 is 6.07. The molecule has 0 radical (unpaired) electrons. The quantitative estimate of drug-likeness (QED) is 0.659. The average molecular weight is 445 g/mol. The highest BCUT2D eigenvalue weighted by molar-refractivity contribution is 7.89. The van der Waals surface area contributed by atoms with Crippen LogP contribution in [0.1, 0.15) is 25.3 Å². The molecule has 0 aliphatic carbocycles. The van der Waals surface area contributed by atoms with Crippen LogP contribution in [0.4, 0.5) is 18.9 Å². The van der Waals surface area contributed by atoms with Crippen LogP contribution in [-0.2, 0) is 14.8 Å². The van der Waals surface area contributed by atoms with E-state index in [1.165, 1.54) is 11.2 Å². The molecule has 0 spiro atoms. The minimum Gasteiger partial charge on any atom is -0.393 e. The van der Waals surface area contributed by atoms with Crippen LogP contribution in [0.15, 0.2) is 17.0 Å². The number of anilines is 1. The number of nitrogens with one attached hydrogen (secondary N) is 1. The Hall–Kier alpha value is -1.40. The second-order valence-corrected chi connectivity index (χ2v) is 8.99. The van der Waals surface area contributed by atoms with Crippen molar-refractivity contribution >= 4 is 33.2 Å². The summed E-state index contributed by atoms with van der Waals surface area (Å²) in [4.78, 5) is 11.7. The maximum atomic E-state index is 12.8. The molecule has 1 heterocycles. The van der Waals surface area contributed by atoms with E-state index in [9.17, 15) is 36.6 Å². The monoisotopic (exact) mass is 444 g/mol. The molecule has 0 aromatic heterocycles. The summed E-state index contributed by atoms with van der Waals surface area (Å²) in [7, 11) is -3.94. The van der Waals surface area contributed by atoms with Gasteiger partial charge in [0.15, 0.2) is 0 Å². The van der Waals surface area contributed by atoms with Gasteiger partial charge in [-0.25, -0.2) is 8.42 Å². The molecule has 158 valence electrons. The highest BCUT2D eigenvalue weighted by Crippen LogP contribution is 2.35. The smallest absolute Gasteiger partial charge is 0.393 e. The normalized spacial score (nSPS) is 19.3. The van der Waals surface area contributed by atoms with Gasteiger partial charge in [0, 0.05) is 13.1 Å². The molecule has 1 amide bonds. The third-order valence-electron chi connectivity index (χ3n) is 4.62. The highest BCUT2D eigenvalue weighted by atomic mass is 35.5. The van der Waals surface area contributed by atoms with Gasteiger partial charge in [0.25, 0.3) is 5.91 Å². The first-order chi connectivity index (χ1) is 12.7. The molecule has 1 saturated heterocycles. The number of aliphatic hydroxyl groups excluding tert-OH is 1. The summed E-state index contributed by atoms with van der Waals surface area (Å²) < 4.78 is 65.1. The highest BCUT2D eigenvalue weighted by Gasteiger charge is 2.55. The van der Waals surface area contributed by atoms with Gasteiger partial charge >= 0.3 is 6.18 Å². The molecule has 1 fully saturated rings. The Bertz CT molecular complexity index is 866. The fourth-order valence-electron chi connectivity index (χ4n) is 2.64. The summed E-state index contributed by atoms with van der Waals surface area (Å²) in [6, 6.07) is 2.19. The topological polar surface area (TPSA) is 107 Å². The van der Waals surface area contributed by atoms with E-state index in [-0.39, 0.29) is 47.1 Å². The molecule has 0 unspecified atom stereocenters. The Labute approximate surface area is 165 Å². The predicted molar refractivity (Wildman–Crippen MR) is 95.5 cm³/mol. The number of rotatable bonds is 4. The molecule has 1 aromatic rings. The van der Waals surface area contributed by atoms with Crippen molar-refractivity contribution in [2.75, 3.05) is 18.4 Å². The summed E-state index contributed by atoms with van der Waals surface area (Å²) in [6.07, 6.45) is -5.21. The van der Waals surface area contributed by atoms with Crippen LogP contribution in [0.3, 0.4) is 0 Å². The van der Waals surface area contributed by atoms with E-state index in [4.69, 9.17) is 11.6 Å². The number of hydrogen-bond donors (Lipinski definition) is 3. The molecule has 12 heteroatoms. The van der Waals surface area contributed by atoms with Crippen molar-refractivity contribution in [1.82, 2.24) is 4.31 Å². The van der Waals surface area contributed by atoms with E-state index in [0.717, 1.165) is 12.1 Å². The average Bonchev–Trinajstić information content (AvgIpc) is 2.58. The van der Waals surface area contributed by atoms with Gasteiger partial charge in [-0.1, -0.05) is 11.6 Å². The van der Waals surface area contributed by atoms with Crippen LogP contribution < -0.4 is 5.32 Å². The standard InChI is InChI=1S/C16H20ClF3N2O5S/c1-9-12(28(26,27)22-7-5-10(23)6-8-22)4-3-11(13(9)17)21-14(24)15(2,25)16(18,19)20/h3-4,10,23,25H,5-8H2,1-2H3,(H,21,24)/t15-/m1/s1. The Morgan fingerprint density at radius 3 is 2.32 bits per heavy atom. The Balaban J connectivity index is 2.32. The lowest BCUT2D eigenvalue weighted by Crippen LogP contribution is -2.52. The summed E-state index contributed by atoms with van der Waals surface area (Å²) in [5, 5.41) is 20.6. The van der Waals surface area contributed by atoms with E-state index in [0.29, 0.717) is 6.92 Å². The van der Waals surface area contributed by atoms with E-state index in [1.807, 2.05) is 5.32 Å². The van der Waals surface area contributed by atoms with Crippen LogP contribution in [0.2, 0.25) is 5.02 Å². The van der Waals surface area contributed by atoms with Gasteiger partial charge in [-0.2, -0.15) is 17.5 Å². The lowest BCUT2D eigenvalue weighted by Gasteiger charge is -2.29. The number of carbonyl (C=O) groups excluding carboxylic acids is 1. The lowest BCUT2D eigenvalue weighted by molar-refractivity contribution is -0.242. The van der Waals surface area contributed by atoms with Gasteiger partial charge < -0.3 is 15.5 Å². The molecule has 0 saturated carbocycles. The Morgan fingerprint density at radius 2 is 1.82 bits per heavy atom. The lowest BCUT2D eigenvalue weighted by atomic mass is 10.1. The van der Waals surface area contributed by atoms with E-state index < -0.39 is 33.8 Å². The molecule has 1 aromatic carbocycles. The van der Waals surface area contributed by atoms with Crippen LogP contribution >= 0.6 is 11.6 Å². The number of carbonyl (C=O) groups is 1. The molecule has 1 aliphatic rings. The predicted octanol–water partition coefficient (Wildman–Crippen LogP) is 2.05. The second-order valence-electron chi connectivity index (χ2n) is 6.71. The number of amides is 1. The minimum atomic E-state index is -5.21. The zero-order valence-corrected chi connectivity index (χ0v) is 16.6. The van der Waals surface area contributed by atoms with Crippen molar-refractivity contribution in [3.05, 3.63) is 22.7 Å². The molecule has 28 heavy (non-hydrogen) atoms. The van der Waals surface area contributed by atoms with E-state index in [1.54, 1.807) is 0 Å². The zero-order chi connectivity index (χ0) is 21.5. The van der Waals surface area contributed by atoms with Crippen LogP contribution in [0.5, 0.6) is 0 Å². The van der Waals surface area contributed by atoms with Crippen molar-refractivity contribution in [3.8, 4) is 0 Å². The fraction of sp³-hybridized carbons (Fsp3) is 0.562. The van der Waals surface area contributed by atoms with Gasteiger partial charge in [0.2, 0.25) is 15.6 Å². The summed E-state index contributed by atoms with van der Waals surface area (Å²) in [5.74, 6) is -1.75. The second kappa shape index (κ2) is 7.79. The van der Waals surface area contributed by atoms with Crippen LogP contribution in [0, 0.1) is 6.92 Å². The molecular formula is C16H20ClF3N2O5S. The first kappa shape index (κ1) is 22.9. The molecule has 1 atom stereocenters. The third kappa shape index (κ3) is 4.28. The number of aliphatic hydroxyl groups is 2. The maximum absolute atomic E-state index is 12.8. The summed E-state index contributed by atoms with van der Waals surface area (Å²) in [6.45, 7) is 1.89. The van der Waals surface area contributed by atoms with Crippen molar-refractivity contribution in [3.63, 3.8) is 0 Å². The van der Waals surface area contributed by atoms with Gasteiger partial charge in [-0.3, -0.25) is 4.79 Å². The molecule has 2 rings (SSSR count). The Kier molecular flexibility index (Phi) is 6.37. The fourth-order valence-corrected chi connectivity index (χ4v) is 4.60. The number of alkyl halides is 3. The molecule has 1 aliphatic heterocycles. The Morgan fingerprint density at radius 1 is 1.29 bits per heavy atom. The SMILES string of the molecule is Cc1c(S(=O)(=O)N2CCC(O)CC2)ccc(NC(=O)[C@@](C)(O)C(F)(F)F)c1Cl. The van der Waals surface area contributed by atoms with E-state index >= 15 is 0 Å².